The zero-order valence-electron chi connectivity index (χ0n) is 19.5. The van der Waals surface area contributed by atoms with E-state index in [0.29, 0.717) is 41.5 Å². The molecule has 1 aromatic heterocycles. The van der Waals surface area contributed by atoms with Gasteiger partial charge in [0.25, 0.3) is 15.9 Å². The summed E-state index contributed by atoms with van der Waals surface area (Å²) in [6, 6.07) is 29.0. The quantitative estimate of drug-likeness (QED) is 0.314. The normalized spacial score (nSPS) is 12.8. The molecule has 0 unspecified atom stereocenters. The van der Waals surface area contributed by atoms with E-state index >= 15 is 0 Å². The van der Waals surface area contributed by atoms with Crippen molar-refractivity contribution in [1.82, 2.24) is 9.97 Å². The maximum Gasteiger partial charge on any atom is 0.264 e. The second-order valence-corrected chi connectivity index (χ2v) is 9.95. The smallest absolute Gasteiger partial charge is 0.264 e. The van der Waals surface area contributed by atoms with Crippen LogP contribution in [0.25, 0.3) is 22.2 Å². The molecule has 0 bridgehead atoms. The van der Waals surface area contributed by atoms with E-state index < -0.39 is 10.0 Å². The number of hydrogen-bond acceptors (Lipinski definition) is 7. The van der Waals surface area contributed by atoms with Gasteiger partial charge in [-0.1, -0.05) is 54.6 Å². The van der Waals surface area contributed by atoms with E-state index in [4.69, 9.17) is 14.2 Å². The second-order valence-electron chi connectivity index (χ2n) is 8.27. The predicted octanol–water partition coefficient (Wildman–Crippen LogP) is 5.66. The highest BCUT2D eigenvalue weighted by Crippen LogP contribution is 2.35. The summed E-state index contributed by atoms with van der Waals surface area (Å²) >= 11 is 0. The van der Waals surface area contributed by atoms with E-state index in [1.807, 2.05) is 48.5 Å². The van der Waals surface area contributed by atoms with E-state index in [1.165, 1.54) is 12.1 Å². The van der Waals surface area contributed by atoms with Crippen LogP contribution in [0.2, 0.25) is 0 Å². The predicted molar refractivity (Wildman–Crippen MR) is 140 cm³/mol. The molecule has 184 valence electrons. The Morgan fingerprint density at radius 1 is 0.703 bits per heavy atom. The number of anilines is 1. The standard InChI is InChI=1S/C28H21N3O5S/c32-37(33,22-14-15-25-26(18-22)35-17-16-34-25)31-27-28(30-24-9-5-4-8-23(24)29-27)36-21-12-10-20(11-13-21)19-6-2-1-3-7-19/h1-15,18H,16-17H2,(H,29,31). The Morgan fingerprint density at radius 3 is 2.11 bits per heavy atom. The lowest BCUT2D eigenvalue weighted by molar-refractivity contribution is 0.171. The molecule has 1 aliphatic rings. The molecule has 0 amide bonds. The van der Waals surface area contributed by atoms with E-state index in [2.05, 4.69) is 14.7 Å². The fourth-order valence-corrected chi connectivity index (χ4v) is 4.97. The molecule has 2 heterocycles. The zero-order chi connectivity index (χ0) is 25.2. The van der Waals surface area contributed by atoms with Gasteiger partial charge in [0.05, 0.1) is 15.9 Å². The minimum atomic E-state index is -4.04. The molecule has 5 aromatic rings. The van der Waals surface area contributed by atoms with Gasteiger partial charge < -0.3 is 14.2 Å². The average Bonchev–Trinajstić information content (AvgIpc) is 2.94. The minimum absolute atomic E-state index is 0.00451. The van der Waals surface area contributed by atoms with Crippen LogP contribution in [-0.4, -0.2) is 31.6 Å². The van der Waals surface area contributed by atoms with Crippen molar-refractivity contribution in [1.29, 1.82) is 0 Å². The Kier molecular flexibility index (Phi) is 5.82. The molecule has 4 aromatic carbocycles. The van der Waals surface area contributed by atoms with E-state index in [1.54, 1.807) is 36.4 Å². The maximum atomic E-state index is 13.3. The number of para-hydroxylation sites is 2. The Labute approximate surface area is 213 Å². The Hall–Kier alpha value is -4.63. The summed E-state index contributed by atoms with van der Waals surface area (Å²) in [6.45, 7) is 0.762. The summed E-state index contributed by atoms with van der Waals surface area (Å²) in [7, 11) is -4.04. The molecule has 0 saturated carbocycles. The summed E-state index contributed by atoms with van der Waals surface area (Å²) in [5.41, 5.74) is 3.19. The largest absolute Gasteiger partial charge is 0.486 e. The van der Waals surface area contributed by atoms with E-state index in [9.17, 15) is 8.42 Å². The summed E-state index contributed by atoms with van der Waals surface area (Å²) < 4.78 is 46.2. The van der Waals surface area contributed by atoms with Crippen molar-refractivity contribution in [2.24, 2.45) is 0 Å². The molecule has 1 N–H and O–H groups in total. The molecule has 9 heteroatoms. The summed E-state index contributed by atoms with van der Waals surface area (Å²) in [4.78, 5) is 9.05. The average molecular weight is 512 g/mol. The van der Waals surface area contributed by atoms with Crippen LogP contribution in [0.15, 0.2) is 102 Å². The van der Waals surface area contributed by atoms with E-state index in [0.717, 1.165) is 11.1 Å². The second kappa shape index (κ2) is 9.44. The van der Waals surface area contributed by atoms with Gasteiger partial charge in [0.1, 0.15) is 19.0 Å². The first kappa shape index (κ1) is 22.8. The number of fused-ring (bicyclic) bond motifs is 2. The van der Waals surface area contributed by atoms with Crippen LogP contribution in [0.3, 0.4) is 0 Å². The number of ether oxygens (including phenoxy) is 3. The third-order valence-electron chi connectivity index (χ3n) is 5.77. The van der Waals surface area contributed by atoms with Gasteiger partial charge in [-0.3, -0.25) is 4.72 Å². The zero-order valence-corrected chi connectivity index (χ0v) is 20.3. The van der Waals surface area contributed by atoms with Crippen LogP contribution < -0.4 is 18.9 Å². The van der Waals surface area contributed by atoms with Gasteiger partial charge in [0.15, 0.2) is 11.5 Å². The SMILES string of the molecule is O=S(=O)(Nc1nc2ccccc2nc1Oc1ccc(-c2ccccc2)cc1)c1ccc2c(c1)OCCO2. The first-order valence-electron chi connectivity index (χ1n) is 11.6. The van der Waals surface area contributed by atoms with Crippen LogP contribution in [0, 0.1) is 0 Å². The van der Waals surface area contributed by atoms with Gasteiger partial charge in [-0.25, -0.2) is 18.4 Å². The van der Waals surface area contributed by atoms with Crippen molar-refractivity contribution < 1.29 is 22.6 Å². The lowest BCUT2D eigenvalue weighted by Crippen LogP contribution is -2.18. The highest BCUT2D eigenvalue weighted by atomic mass is 32.2. The fourth-order valence-electron chi connectivity index (χ4n) is 3.96. The number of rotatable bonds is 6. The van der Waals surface area contributed by atoms with Crippen molar-refractivity contribution in [3.8, 4) is 34.3 Å². The number of nitrogens with one attached hydrogen (secondary N) is 1. The lowest BCUT2D eigenvalue weighted by atomic mass is 10.1. The first-order valence-corrected chi connectivity index (χ1v) is 13.1. The molecule has 0 aliphatic carbocycles. The number of sulfonamides is 1. The molecule has 8 nitrogen and oxygen atoms in total. The third kappa shape index (κ3) is 4.76. The molecular formula is C28H21N3O5S. The number of hydrogen-bond donors (Lipinski definition) is 1. The van der Waals surface area contributed by atoms with Crippen LogP contribution in [0.1, 0.15) is 0 Å². The highest BCUT2D eigenvalue weighted by molar-refractivity contribution is 7.92. The summed E-state index contributed by atoms with van der Waals surface area (Å²) in [6.07, 6.45) is 0. The molecule has 0 spiro atoms. The number of nitrogens with zero attached hydrogens (tertiary/aromatic N) is 2. The molecular weight excluding hydrogens is 490 g/mol. The van der Waals surface area contributed by atoms with Gasteiger partial charge in [-0.05, 0) is 47.5 Å². The molecule has 6 rings (SSSR count). The molecule has 0 saturated heterocycles. The van der Waals surface area contributed by atoms with Crippen LogP contribution in [0.4, 0.5) is 5.82 Å². The molecule has 0 radical (unpaired) electrons. The van der Waals surface area contributed by atoms with Gasteiger partial charge in [0.2, 0.25) is 5.82 Å². The van der Waals surface area contributed by atoms with Crippen LogP contribution in [-0.2, 0) is 10.0 Å². The van der Waals surface area contributed by atoms with Crippen molar-refractivity contribution in [3.63, 3.8) is 0 Å². The number of aromatic nitrogens is 2. The van der Waals surface area contributed by atoms with Gasteiger partial charge >= 0.3 is 0 Å². The topological polar surface area (TPSA) is 99.6 Å². The first-order chi connectivity index (χ1) is 18.0. The highest BCUT2D eigenvalue weighted by Gasteiger charge is 2.23. The monoisotopic (exact) mass is 511 g/mol. The van der Waals surface area contributed by atoms with Gasteiger partial charge in [-0.2, -0.15) is 0 Å². The Balaban J connectivity index is 1.34. The van der Waals surface area contributed by atoms with Crippen molar-refractivity contribution in [3.05, 3.63) is 97.1 Å². The third-order valence-corrected chi connectivity index (χ3v) is 7.11. The van der Waals surface area contributed by atoms with Crippen molar-refractivity contribution >= 4 is 26.9 Å². The molecule has 1 aliphatic heterocycles. The minimum Gasteiger partial charge on any atom is -0.486 e. The van der Waals surface area contributed by atoms with Gasteiger partial charge in [-0.15, -0.1) is 0 Å². The fraction of sp³-hybridized carbons (Fsp3) is 0.0714. The van der Waals surface area contributed by atoms with Gasteiger partial charge in [0, 0.05) is 6.07 Å². The van der Waals surface area contributed by atoms with Crippen LogP contribution >= 0.6 is 0 Å². The lowest BCUT2D eigenvalue weighted by Gasteiger charge is -2.19. The molecule has 0 atom stereocenters. The van der Waals surface area contributed by atoms with Crippen molar-refractivity contribution in [2.45, 2.75) is 4.90 Å². The van der Waals surface area contributed by atoms with E-state index in [-0.39, 0.29) is 16.6 Å². The number of benzene rings is 4. The van der Waals surface area contributed by atoms with Crippen LogP contribution in [0.5, 0.6) is 23.1 Å². The molecule has 37 heavy (non-hydrogen) atoms. The maximum absolute atomic E-state index is 13.3. The summed E-state index contributed by atoms with van der Waals surface area (Å²) in [5, 5.41) is 0. The molecule has 0 fully saturated rings. The Morgan fingerprint density at radius 2 is 1.35 bits per heavy atom. The Bertz CT molecular complexity index is 1690. The van der Waals surface area contributed by atoms with Crippen molar-refractivity contribution in [2.75, 3.05) is 17.9 Å². The summed E-state index contributed by atoms with van der Waals surface area (Å²) in [5.74, 6) is 1.37.